The van der Waals surface area contributed by atoms with Gasteiger partial charge in [0.1, 0.15) is 0 Å². The zero-order valence-corrected chi connectivity index (χ0v) is 9.77. The summed E-state index contributed by atoms with van der Waals surface area (Å²) in [6.45, 7) is 2.05. The van der Waals surface area contributed by atoms with Gasteiger partial charge in [-0.2, -0.15) is 0 Å². The lowest BCUT2D eigenvalue weighted by Gasteiger charge is -2.38. The molecule has 1 aliphatic heterocycles. The molecular formula is C10H13Cl2NO. The standard InChI is InChI=1S/C10H13Cl2NO/c1-9-6-4-3-5-7(9)10(11,12)8(14)13(9)2/h3,5,7H,4,6H2,1-2H3/t7-,9+/m0/s1. The highest BCUT2D eigenvalue weighted by molar-refractivity contribution is 6.59. The first-order valence-electron chi connectivity index (χ1n) is 4.73. The number of carbonyl (C=O) groups excluding carboxylic acids is 1. The van der Waals surface area contributed by atoms with Crippen LogP contribution in [0.1, 0.15) is 19.8 Å². The van der Waals surface area contributed by atoms with Crippen molar-refractivity contribution >= 4 is 29.1 Å². The molecule has 2 nitrogen and oxygen atoms in total. The smallest absolute Gasteiger partial charge is 0.259 e. The lowest BCUT2D eigenvalue weighted by Crippen LogP contribution is -2.45. The number of likely N-dealkylation sites (tertiary alicyclic amines) is 1. The fourth-order valence-electron chi connectivity index (χ4n) is 2.45. The van der Waals surface area contributed by atoms with Gasteiger partial charge < -0.3 is 4.90 Å². The van der Waals surface area contributed by atoms with Crippen molar-refractivity contribution in [1.29, 1.82) is 0 Å². The van der Waals surface area contributed by atoms with Crippen LogP contribution in [0.15, 0.2) is 12.2 Å². The number of nitrogens with zero attached hydrogens (tertiary/aromatic N) is 1. The number of alkyl halides is 2. The summed E-state index contributed by atoms with van der Waals surface area (Å²) in [4.78, 5) is 13.5. The molecule has 2 atom stereocenters. The van der Waals surface area contributed by atoms with Gasteiger partial charge in [0.2, 0.25) is 4.33 Å². The van der Waals surface area contributed by atoms with Crippen molar-refractivity contribution in [3.05, 3.63) is 12.2 Å². The molecule has 0 radical (unpaired) electrons. The predicted octanol–water partition coefficient (Wildman–Crippen LogP) is 2.36. The number of halogens is 2. The van der Waals surface area contributed by atoms with Crippen molar-refractivity contribution < 1.29 is 4.79 Å². The van der Waals surface area contributed by atoms with Crippen LogP contribution in [-0.4, -0.2) is 27.7 Å². The van der Waals surface area contributed by atoms with E-state index in [4.69, 9.17) is 23.2 Å². The van der Waals surface area contributed by atoms with Crippen molar-refractivity contribution in [3.63, 3.8) is 0 Å². The second-order valence-electron chi connectivity index (χ2n) is 4.29. The molecule has 0 spiro atoms. The fraction of sp³-hybridized carbons (Fsp3) is 0.700. The van der Waals surface area contributed by atoms with Gasteiger partial charge in [-0.15, -0.1) is 0 Å². The van der Waals surface area contributed by atoms with Crippen LogP contribution in [0.25, 0.3) is 0 Å². The molecule has 0 aromatic rings. The molecule has 1 amide bonds. The third-order valence-corrected chi connectivity index (χ3v) is 4.36. The molecule has 78 valence electrons. The van der Waals surface area contributed by atoms with E-state index in [1.165, 1.54) is 0 Å². The Morgan fingerprint density at radius 2 is 2.21 bits per heavy atom. The van der Waals surface area contributed by atoms with Gasteiger partial charge in [0.25, 0.3) is 5.91 Å². The Kier molecular flexibility index (Phi) is 2.13. The van der Waals surface area contributed by atoms with Crippen molar-refractivity contribution in [1.82, 2.24) is 4.90 Å². The number of amides is 1. The molecule has 1 saturated heterocycles. The van der Waals surface area contributed by atoms with Gasteiger partial charge in [0.05, 0.1) is 0 Å². The van der Waals surface area contributed by atoms with Crippen LogP contribution in [0.3, 0.4) is 0 Å². The van der Waals surface area contributed by atoms with Crippen LogP contribution in [0.5, 0.6) is 0 Å². The minimum Gasteiger partial charge on any atom is -0.337 e. The van der Waals surface area contributed by atoms with E-state index >= 15 is 0 Å². The van der Waals surface area contributed by atoms with Gasteiger partial charge in [-0.1, -0.05) is 35.4 Å². The number of hydrogen-bond donors (Lipinski definition) is 0. The highest BCUT2D eigenvalue weighted by Gasteiger charge is 2.61. The number of fused-ring (bicyclic) bond motifs is 1. The largest absolute Gasteiger partial charge is 0.337 e. The first-order chi connectivity index (χ1) is 6.40. The van der Waals surface area contributed by atoms with E-state index in [9.17, 15) is 4.79 Å². The highest BCUT2D eigenvalue weighted by Crippen LogP contribution is 2.52. The lowest BCUT2D eigenvalue weighted by atomic mass is 9.78. The Hall–Kier alpha value is -0.210. The molecule has 2 aliphatic rings. The van der Waals surface area contributed by atoms with E-state index in [-0.39, 0.29) is 17.4 Å². The maximum absolute atomic E-state index is 11.8. The second-order valence-corrected chi connectivity index (χ2v) is 5.67. The van der Waals surface area contributed by atoms with E-state index in [0.29, 0.717) is 0 Å². The first-order valence-corrected chi connectivity index (χ1v) is 5.49. The van der Waals surface area contributed by atoms with Crippen molar-refractivity contribution in [3.8, 4) is 0 Å². The average molecular weight is 234 g/mol. The summed E-state index contributed by atoms with van der Waals surface area (Å²) < 4.78 is -1.28. The van der Waals surface area contributed by atoms with Crippen LogP contribution in [0.4, 0.5) is 0 Å². The molecule has 14 heavy (non-hydrogen) atoms. The van der Waals surface area contributed by atoms with E-state index in [1.54, 1.807) is 11.9 Å². The Balaban J connectivity index is 2.50. The Labute approximate surface area is 93.9 Å². The van der Waals surface area contributed by atoms with E-state index in [0.717, 1.165) is 12.8 Å². The monoisotopic (exact) mass is 233 g/mol. The highest BCUT2D eigenvalue weighted by atomic mass is 35.5. The molecule has 0 saturated carbocycles. The second kappa shape index (κ2) is 2.89. The number of allylic oxidation sites excluding steroid dienone is 1. The first kappa shape index (κ1) is 10.3. The third-order valence-electron chi connectivity index (χ3n) is 3.56. The van der Waals surface area contributed by atoms with Crippen molar-refractivity contribution in [2.24, 2.45) is 5.92 Å². The molecule has 1 fully saturated rings. The molecule has 1 aliphatic carbocycles. The average Bonchev–Trinajstić information content (AvgIpc) is 2.27. The summed E-state index contributed by atoms with van der Waals surface area (Å²) in [5.41, 5.74) is -0.213. The molecule has 0 aromatic heterocycles. The molecule has 0 aromatic carbocycles. The Morgan fingerprint density at radius 1 is 1.57 bits per heavy atom. The summed E-state index contributed by atoms with van der Waals surface area (Å²) in [5.74, 6) is -0.274. The maximum atomic E-state index is 11.8. The number of carbonyl (C=O) groups is 1. The number of rotatable bonds is 0. The van der Waals surface area contributed by atoms with Crippen LogP contribution < -0.4 is 0 Å². The molecular weight excluding hydrogens is 221 g/mol. The molecule has 0 unspecified atom stereocenters. The van der Waals surface area contributed by atoms with E-state index < -0.39 is 4.33 Å². The number of hydrogen-bond acceptors (Lipinski definition) is 1. The van der Waals surface area contributed by atoms with E-state index in [2.05, 4.69) is 6.08 Å². The minimum atomic E-state index is -1.28. The summed E-state index contributed by atoms with van der Waals surface area (Å²) in [6, 6.07) is 0. The summed E-state index contributed by atoms with van der Waals surface area (Å²) in [6.07, 6.45) is 5.94. The van der Waals surface area contributed by atoms with Crippen LogP contribution in [0.2, 0.25) is 0 Å². The minimum absolute atomic E-state index is 0.0930. The van der Waals surface area contributed by atoms with Gasteiger partial charge in [-0.05, 0) is 19.8 Å². The zero-order valence-electron chi connectivity index (χ0n) is 8.26. The van der Waals surface area contributed by atoms with Crippen molar-refractivity contribution in [2.45, 2.75) is 29.6 Å². The topological polar surface area (TPSA) is 20.3 Å². The van der Waals surface area contributed by atoms with Crippen molar-refractivity contribution in [2.75, 3.05) is 7.05 Å². The van der Waals surface area contributed by atoms with Crippen LogP contribution in [-0.2, 0) is 4.79 Å². The lowest BCUT2D eigenvalue weighted by molar-refractivity contribution is -0.129. The Morgan fingerprint density at radius 3 is 2.79 bits per heavy atom. The molecule has 0 N–H and O–H groups in total. The van der Waals surface area contributed by atoms with Gasteiger partial charge in [0, 0.05) is 18.5 Å². The SMILES string of the molecule is CN1C(=O)C(Cl)(Cl)[C@H]2C=CCC[C@]21C. The van der Waals surface area contributed by atoms with E-state index in [1.807, 2.05) is 13.0 Å². The van der Waals surface area contributed by atoms with Gasteiger partial charge in [-0.3, -0.25) is 4.79 Å². The Bertz CT molecular complexity index is 313. The zero-order chi connectivity index (χ0) is 10.6. The fourth-order valence-corrected chi connectivity index (χ4v) is 3.32. The van der Waals surface area contributed by atoms with Gasteiger partial charge in [-0.25, -0.2) is 0 Å². The molecule has 0 bridgehead atoms. The summed E-state index contributed by atoms with van der Waals surface area (Å²) in [5, 5.41) is 0. The summed E-state index contributed by atoms with van der Waals surface area (Å²) >= 11 is 12.2. The quantitative estimate of drug-likeness (QED) is 0.465. The molecule has 1 heterocycles. The maximum Gasteiger partial charge on any atom is 0.259 e. The molecule has 4 heteroatoms. The van der Waals surface area contributed by atoms with Crippen LogP contribution >= 0.6 is 23.2 Å². The normalized spacial score (nSPS) is 40.1. The van der Waals surface area contributed by atoms with Gasteiger partial charge in [0.15, 0.2) is 0 Å². The van der Waals surface area contributed by atoms with Crippen LogP contribution in [0, 0.1) is 5.92 Å². The predicted molar refractivity (Wildman–Crippen MR) is 57.5 cm³/mol. The third kappa shape index (κ3) is 1.07. The van der Waals surface area contributed by atoms with Gasteiger partial charge >= 0.3 is 0 Å². The molecule has 2 rings (SSSR count). The summed E-state index contributed by atoms with van der Waals surface area (Å²) in [7, 11) is 1.78.